The van der Waals surface area contributed by atoms with Crippen molar-refractivity contribution in [3.8, 4) is 22.5 Å². The number of hydrogen-bond donors (Lipinski definition) is 0. The molecule has 47 heavy (non-hydrogen) atoms. The number of hydrogen-bond acceptors (Lipinski definition) is 2. The summed E-state index contributed by atoms with van der Waals surface area (Å²) in [5.41, 5.74) is 8.97. The summed E-state index contributed by atoms with van der Waals surface area (Å²) in [5, 5.41) is 7.12. The third-order valence-electron chi connectivity index (χ3n) is 9.53. The van der Waals surface area contributed by atoms with Crippen LogP contribution in [-0.4, -0.2) is 9.13 Å². The predicted octanol–water partition coefficient (Wildman–Crippen LogP) is 10.8. The summed E-state index contributed by atoms with van der Waals surface area (Å²) in [7, 11) is 0. The largest absolute Gasteiger partial charge is 0.456 e. The molecule has 3 heterocycles. The Bertz CT molecular complexity index is 2930. The highest BCUT2D eigenvalue weighted by atomic mass is 16.3. The van der Waals surface area contributed by atoms with E-state index in [4.69, 9.17) is 4.42 Å². The molecule has 0 radical (unpaired) electrons. The first-order valence-corrected chi connectivity index (χ1v) is 15.8. The van der Waals surface area contributed by atoms with Gasteiger partial charge in [0.25, 0.3) is 5.56 Å². The summed E-state index contributed by atoms with van der Waals surface area (Å²) in [4.78, 5) is 14.3. The zero-order valence-electron chi connectivity index (χ0n) is 25.2. The van der Waals surface area contributed by atoms with Crippen molar-refractivity contribution < 1.29 is 4.42 Å². The molecule has 0 saturated carbocycles. The lowest BCUT2D eigenvalue weighted by Crippen LogP contribution is -2.19. The molecule has 0 spiro atoms. The Balaban J connectivity index is 1.22. The number of para-hydroxylation sites is 3. The molecule has 0 unspecified atom stereocenters. The third kappa shape index (κ3) is 3.79. The first-order chi connectivity index (χ1) is 23.2. The van der Waals surface area contributed by atoms with Gasteiger partial charge in [-0.3, -0.25) is 9.36 Å². The van der Waals surface area contributed by atoms with Crippen LogP contribution >= 0.6 is 0 Å². The predicted molar refractivity (Wildman–Crippen MR) is 194 cm³/mol. The SMILES string of the molecule is O=c1c2ccccc2c2cc(-c3ccc4oc5ccccc5c4c3)ccc2n1-c1ccc2c(c1)c1ccccc1n2-c1ccccc1. The van der Waals surface area contributed by atoms with Crippen molar-refractivity contribution in [3.63, 3.8) is 0 Å². The van der Waals surface area contributed by atoms with Gasteiger partial charge in [0.05, 0.1) is 22.2 Å². The Morgan fingerprint density at radius 1 is 0.362 bits per heavy atom. The van der Waals surface area contributed by atoms with Crippen molar-refractivity contribution >= 4 is 65.4 Å². The van der Waals surface area contributed by atoms with Crippen LogP contribution in [0.4, 0.5) is 0 Å². The van der Waals surface area contributed by atoms with Crippen LogP contribution in [0, 0.1) is 0 Å². The zero-order chi connectivity index (χ0) is 31.1. The minimum atomic E-state index is -0.0294. The van der Waals surface area contributed by atoms with Crippen LogP contribution in [0.1, 0.15) is 0 Å². The molecule has 7 aromatic carbocycles. The zero-order valence-corrected chi connectivity index (χ0v) is 25.2. The Morgan fingerprint density at radius 2 is 0.936 bits per heavy atom. The van der Waals surface area contributed by atoms with E-state index in [1.54, 1.807) is 0 Å². The van der Waals surface area contributed by atoms with E-state index in [-0.39, 0.29) is 5.56 Å². The molecule has 10 aromatic rings. The Morgan fingerprint density at radius 3 is 1.79 bits per heavy atom. The van der Waals surface area contributed by atoms with Crippen molar-refractivity contribution in [2.45, 2.75) is 0 Å². The first kappa shape index (κ1) is 25.9. The molecule has 0 bridgehead atoms. The lowest BCUT2D eigenvalue weighted by molar-refractivity contribution is 0.669. The molecule has 0 atom stereocenters. The topological polar surface area (TPSA) is 40.1 Å². The third-order valence-corrected chi connectivity index (χ3v) is 9.53. The maximum absolute atomic E-state index is 14.3. The van der Waals surface area contributed by atoms with E-state index < -0.39 is 0 Å². The van der Waals surface area contributed by atoms with Gasteiger partial charge < -0.3 is 8.98 Å². The van der Waals surface area contributed by atoms with Crippen molar-refractivity contribution in [2.24, 2.45) is 0 Å². The molecular formula is C43H26N2O2. The Kier molecular flexibility index (Phi) is 5.40. The van der Waals surface area contributed by atoms with Crippen LogP contribution in [0.3, 0.4) is 0 Å². The fourth-order valence-electron chi connectivity index (χ4n) is 7.38. The number of rotatable bonds is 3. The van der Waals surface area contributed by atoms with Crippen LogP contribution in [0.25, 0.3) is 87.9 Å². The van der Waals surface area contributed by atoms with Gasteiger partial charge in [0.15, 0.2) is 0 Å². The average molecular weight is 603 g/mol. The number of furan rings is 1. The van der Waals surface area contributed by atoms with Gasteiger partial charge in [-0.1, -0.05) is 84.9 Å². The molecule has 220 valence electrons. The van der Waals surface area contributed by atoms with Gasteiger partial charge in [-0.2, -0.15) is 0 Å². The second-order valence-corrected chi connectivity index (χ2v) is 12.1. The summed E-state index contributed by atoms with van der Waals surface area (Å²) in [5.74, 6) is 0. The van der Waals surface area contributed by atoms with E-state index >= 15 is 0 Å². The van der Waals surface area contributed by atoms with Gasteiger partial charge in [0, 0.05) is 38.0 Å². The van der Waals surface area contributed by atoms with Gasteiger partial charge in [-0.15, -0.1) is 0 Å². The van der Waals surface area contributed by atoms with Crippen LogP contribution < -0.4 is 5.56 Å². The minimum Gasteiger partial charge on any atom is -0.456 e. The normalized spacial score (nSPS) is 11.9. The summed E-state index contributed by atoms with van der Waals surface area (Å²) < 4.78 is 10.3. The second kappa shape index (κ2) is 9.80. The number of fused-ring (bicyclic) bond motifs is 9. The lowest BCUT2D eigenvalue weighted by atomic mass is 9.98. The summed E-state index contributed by atoms with van der Waals surface area (Å²) in [6.45, 7) is 0. The van der Waals surface area contributed by atoms with E-state index in [9.17, 15) is 4.79 Å². The van der Waals surface area contributed by atoms with E-state index in [0.29, 0.717) is 5.39 Å². The molecule has 0 N–H and O–H groups in total. The van der Waals surface area contributed by atoms with Crippen LogP contribution in [0.2, 0.25) is 0 Å². The number of pyridine rings is 1. The fourth-order valence-corrected chi connectivity index (χ4v) is 7.38. The van der Waals surface area contributed by atoms with Crippen molar-refractivity contribution in [2.75, 3.05) is 0 Å². The van der Waals surface area contributed by atoms with E-state index in [1.807, 2.05) is 47.0 Å². The van der Waals surface area contributed by atoms with Crippen molar-refractivity contribution in [1.29, 1.82) is 0 Å². The van der Waals surface area contributed by atoms with Crippen LogP contribution in [-0.2, 0) is 0 Å². The molecular weight excluding hydrogens is 576 g/mol. The fraction of sp³-hybridized carbons (Fsp3) is 0. The van der Waals surface area contributed by atoms with E-state index in [0.717, 1.165) is 82.5 Å². The van der Waals surface area contributed by atoms with Crippen molar-refractivity contribution in [3.05, 3.63) is 168 Å². The number of aromatic nitrogens is 2. The summed E-state index contributed by atoms with van der Waals surface area (Å²) in [6.07, 6.45) is 0. The molecule has 10 rings (SSSR count). The number of nitrogens with zero attached hydrogens (tertiary/aromatic N) is 2. The molecule has 0 amide bonds. The molecule has 4 heteroatoms. The van der Waals surface area contributed by atoms with Gasteiger partial charge in [-0.05, 0) is 89.3 Å². The second-order valence-electron chi connectivity index (χ2n) is 12.1. The highest BCUT2D eigenvalue weighted by Crippen LogP contribution is 2.37. The van der Waals surface area contributed by atoms with Gasteiger partial charge in [-0.25, -0.2) is 0 Å². The van der Waals surface area contributed by atoms with Crippen molar-refractivity contribution in [1.82, 2.24) is 9.13 Å². The lowest BCUT2D eigenvalue weighted by Gasteiger charge is -2.15. The highest BCUT2D eigenvalue weighted by molar-refractivity contribution is 6.11. The van der Waals surface area contributed by atoms with E-state index in [2.05, 4.69) is 120 Å². The minimum absolute atomic E-state index is 0.0294. The number of benzene rings is 7. The van der Waals surface area contributed by atoms with Crippen LogP contribution in [0.5, 0.6) is 0 Å². The molecule has 0 fully saturated rings. The van der Waals surface area contributed by atoms with Crippen LogP contribution in [0.15, 0.2) is 167 Å². The highest BCUT2D eigenvalue weighted by Gasteiger charge is 2.17. The molecule has 0 aliphatic carbocycles. The van der Waals surface area contributed by atoms with Gasteiger partial charge in [0.2, 0.25) is 0 Å². The average Bonchev–Trinajstić information content (AvgIpc) is 3.67. The van der Waals surface area contributed by atoms with E-state index in [1.165, 1.54) is 0 Å². The maximum atomic E-state index is 14.3. The molecule has 4 nitrogen and oxygen atoms in total. The Hall–Kier alpha value is -6.39. The molecule has 0 aliphatic heterocycles. The maximum Gasteiger partial charge on any atom is 0.263 e. The van der Waals surface area contributed by atoms with Gasteiger partial charge in [0.1, 0.15) is 11.2 Å². The standard InChI is InChI=1S/C43H26N2O2/c46-43-34-15-5-4-12-31(34)35-24-27(28-19-23-42-37(25-28)33-14-7-9-17-41(33)47-42)18-21-40(35)45(43)30-20-22-39-36(26-30)32-13-6-8-16-38(32)44(39)29-10-2-1-3-11-29/h1-26H. The summed E-state index contributed by atoms with van der Waals surface area (Å²) in [6, 6.07) is 54.2. The summed E-state index contributed by atoms with van der Waals surface area (Å²) >= 11 is 0. The monoisotopic (exact) mass is 602 g/mol. The quantitative estimate of drug-likeness (QED) is 0.189. The first-order valence-electron chi connectivity index (χ1n) is 15.8. The molecule has 0 saturated heterocycles. The molecule has 0 aliphatic rings. The smallest absolute Gasteiger partial charge is 0.263 e. The van der Waals surface area contributed by atoms with Gasteiger partial charge >= 0.3 is 0 Å². The molecule has 3 aromatic heterocycles. The Labute approximate surface area is 268 Å².